The zero-order chi connectivity index (χ0) is 22.9. The van der Waals surface area contributed by atoms with Crippen LogP contribution in [-0.2, 0) is 14.8 Å². The largest absolute Gasteiger partial charge is 0.481 e. The standard InChI is InChI=1S/C23H25N3O5S/c1-16(2)14-26-20-10-7-18(13-21(20)31-15-22(26)27)24-23(28)17-5-8-19(9-6-17)32(29,30)25-11-3-4-12-25/h5-10,13H,1,3-4,11-12,14-15H2,2H3,(H,24,28). The van der Waals surface area contributed by atoms with Gasteiger partial charge in [0, 0.05) is 37.0 Å². The van der Waals surface area contributed by atoms with Gasteiger partial charge in [0.05, 0.1) is 10.6 Å². The third kappa shape index (κ3) is 4.39. The number of hydrogen-bond acceptors (Lipinski definition) is 5. The number of fused-ring (bicyclic) bond motifs is 1. The van der Waals surface area contributed by atoms with Crippen LogP contribution in [0.25, 0.3) is 0 Å². The molecule has 0 bridgehead atoms. The predicted molar refractivity (Wildman–Crippen MR) is 121 cm³/mol. The van der Waals surface area contributed by atoms with Gasteiger partial charge in [0.15, 0.2) is 6.61 Å². The quantitative estimate of drug-likeness (QED) is 0.676. The van der Waals surface area contributed by atoms with Gasteiger partial charge in [0.25, 0.3) is 11.8 Å². The molecule has 2 aromatic carbocycles. The summed E-state index contributed by atoms with van der Waals surface area (Å²) in [5.41, 5.74) is 2.31. The maximum Gasteiger partial charge on any atom is 0.265 e. The van der Waals surface area contributed by atoms with Crippen LogP contribution in [0.15, 0.2) is 59.5 Å². The first-order valence-corrected chi connectivity index (χ1v) is 11.8. The highest BCUT2D eigenvalue weighted by Gasteiger charge is 2.28. The van der Waals surface area contributed by atoms with Crippen molar-refractivity contribution in [1.29, 1.82) is 0 Å². The van der Waals surface area contributed by atoms with E-state index in [1.807, 2.05) is 6.92 Å². The first-order valence-electron chi connectivity index (χ1n) is 10.4. The van der Waals surface area contributed by atoms with Crippen molar-refractivity contribution >= 4 is 33.2 Å². The Morgan fingerprint density at radius 1 is 1.12 bits per heavy atom. The molecular formula is C23H25N3O5S. The Labute approximate surface area is 187 Å². The molecule has 2 amide bonds. The second-order valence-corrected chi connectivity index (χ2v) is 9.94. The van der Waals surface area contributed by atoms with Gasteiger partial charge in [-0.2, -0.15) is 4.31 Å². The third-order valence-electron chi connectivity index (χ3n) is 5.41. The lowest BCUT2D eigenvalue weighted by atomic mass is 10.1. The van der Waals surface area contributed by atoms with Gasteiger partial charge in [-0.15, -0.1) is 0 Å². The van der Waals surface area contributed by atoms with Crippen LogP contribution in [0.3, 0.4) is 0 Å². The van der Waals surface area contributed by atoms with Gasteiger partial charge in [-0.3, -0.25) is 9.59 Å². The summed E-state index contributed by atoms with van der Waals surface area (Å²) >= 11 is 0. The normalized spacial score (nSPS) is 16.4. The maximum atomic E-state index is 12.7. The Hall–Kier alpha value is -3.17. The van der Waals surface area contributed by atoms with Crippen LogP contribution in [0, 0.1) is 0 Å². The number of nitrogens with zero attached hydrogens (tertiary/aromatic N) is 2. The van der Waals surface area contributed by atoms with Gasteiger partial charge >= 0.3 is 0 Å². The Kier molecular flexibility index (Phi) is 6.03. The zero-order valence-corrected chi connectivity index (χ0v) is 18.7. The van der Waals surface area contributed by atoms with E-state index in [9.17, 15) is 18.0 Å². The number of hydrogen-bond donors (Lipinski definition) is 1. The topological polar surface area (TPSA) is 96.0 Å². The Morgan fingerprint density at radius 2 is 1.81 bits per heavy atom. The zero-order valence-electron chi connectivity index (χ0n) is 17.8. The van der Waals surface area contributed by atoms with Gasteiger partial charge in [-0.25, -0.2) is 8.42 Å². The summed E-state index contributed by atoms with van der Waals surface area (Å²) in [6.45, 7) is 7.08. The summed E-state index contributed by atoms with van der Waals surface area (Å²) in [6.07, 6.45) is 1.73. The van der Waals surface area contributed by atoms with E-state index in [4.69, 9.17) is 4.74 Å². The van der Waals surface area contributed by atoms with E-state index in [0.29, 0.717) is 42.3 Å². The lowest BCUT2D eigenvalue weighted by Gasteiger charge is -2.29. The molecule has 0 spiro atoms. The molecule has 2 aliphatic heterocycles. The maximum absolute atomic E-state index is 12.7. The highest BCUT2D eigenvalue weighted by atomic mass is 32.2. The molecule has 0 aliphatic carbocycles. The molecule has 2 aliphatic rings. The molecule has 8 nitrogen and oxygen atoms in total. The van der Waals surface area contributed by atoms with Crippen molar-refractivity contribution in [2.24, 2.45) is 0 Å². The van der Waals surface area contributed by atoms with Crippen LogP contribution in [0.1, 0.15) is 30.1 Å². The lowest BCUT2D eigenvalue weighted by Crippen LogP contribution is -2.39. The first kappa shape index (κ1) is 22.0. The van der Waals surface area contributed by atoms with E-state index in [1.54, 1.807) is 23.1 Å². The molecule has 1 fully saturated rings. The first-order chi connectivity index (χ1) is 15.3. The van der Waals surface area contributed by atoms with E-state index >= 15 is 0 Å². The van der Waals surface area contributed by atoms with Crippen molar-refractivity contribution < 1.29 is 22.7 Å². The fourth-order valence-corrected chi connectivity index (χ4v) is 5.30. The van der Waals surface area contributed by atoms with E-state index in [1.165, 1.54) is 28.6 Å². The molecule has 0 radical (unpaired) electrons. The average Bonchev–Trinajstić information content (AvgIpc) is 3.31. The molecule has 0 unspecified atom stereocenters. The van der Waals surface area contributed by atoms with E-state index in [0.717, 1.165) is 18.4 Å². The minimum atomic E-state index is -3.52. The Morgan fingerprint density at radius 3 is 2.47 bits per heavy atom. The van der Waals surface area contributed by atoms with Crippen molar-refractivity contribution in [3.63, 3.8) is 0 Å². The van der Waals surface area contributed by atoms with Gasteiger partial charge in [0.1, 0.15) is 5.75 Å². The smallest absolute Gasteiger partial charge is 0.265 e. The van der Waals surface area contributed by atoms with Crippen molar-refractivity contribution in [2.75, 3.05) is 36.5 Å². The molecule has 168 valence electrons. The van der Waals surface area contributed by atoms with Crippen LogP contribution in [0.4, 0.5) is 11.4 Å². The van der Waals surface area contributed by atoms with Gasteiger partial charge < -0.3 is 15.0 Å². The van der Waals surface area contributed by atoms with Crippen LogP contribution in [0.5, 0.6) is 5.75 Å². The van der Waals surface area contributed by atoms with E-state index < -0.39 is 10.0 Å². The summed E-state index contributed by atoms with van der Waals surface area (Å²) in [5.74, 6) is -0.0299. The average molecular weight is 456 g/mol. The number of nitrogens with one attached hydrogen (secondary N) is 1. The summed E-state index contributed by atoms with van der Waals surface area (Å²) in [5, 5.41) is 2.79. The summed E-state index contributed by atoms with van der Waals surface area (Å²) in [6, 6.07) is 11.0. The van der Waals surface area contributed by atoms with Crippen molar-refractivity contribution in [3.8, 4) is 5.75 Å². The minimum Gasteiger partial charge on any atom is -0.481 e. The lowest BCUT2D eigenvalue weighted by molar-refractivity contribution is -0.121. The molecule has 0 saturated carbocycles. The van der Waals surface area contributed by atoms with Gasteiger partial charge in [0.2, 0.25) is 10.0 Å². The number of carbonyl (C=O) groups excluding carboxylic acids is 2. The number of sulfonamides is 1. The van der Waals surface area contributed by atoms with Crippen molar-refractivity contribution in [1.82, 2.24) is 4.31 Å². The molecule has 0 atom stereocenters. The highest BCUT2D eigenvalue weighted by Crippen LogP contribution is 2.35. The second-order valence-electron chi connectivity index (χ2n) is 8.00. The van der Waals surface area contributed by atoms with Crippen molar-refractivity contribution in [3.05, 3.63) is 60.2 Å². The highest BCUT2D eigenvalue weighted by molar-refractivity contribution is 7.89. The number of amides is 2. The van der Waals surface area contributed by atoms with Crippen LogP contribution in [-0.4, -0.2) is 50.8 Å². The monoisotopic (exact) mass is 455 g/mol. The summed E-state index contributed by atoms with van der Waals surface area (Å²) in [7, 11) is -3.52. The summed E-state index contributed by atoms with van der Waals surface area (Å²) < 4.78 is 32.3. The number of benzene rings is 2. The number of rotatable bonds is 6. The van der Waals surface area contributed by atoms with Crippen LogP contribution >= 0.6 is 0 Å². The van der Waals surface area contributed by atoms with Gasteiger partial charge in [-0.1, -0.05) is 12.2 Å². The molecular weight excluding hydrogens is 430 g/mol. The number of ether oxygens (including phenoxy) is 1. The number of carbonyl (C=O) groups is 2. The molecule has 2 heterocycles. The number of anilines is 2. The summed E-state index contributed by atoms with van der Waals surface area (Å²) in [4.78, 5) is 26.6. The molecule has 1 saturated heterocycles. The van der Waals surface area contributed by atoms with Crippen LogP contribution in [0.2, 0.25) is 0 Å². The van der Waals surface area contributed by atoms with E-state index in [-0.39, 0.29) is 23.3 Å². The third-order valence-corrected chi connectivity index (χ3v) is 7.32. The molecule has 0 aromatic heterocycles. The van der Waals surface area contributed by atoms with Gasteiger partial charge in [-0.05, 0) is 56.2 Å². The van der Waals surface area contributed by atoms with E-state index in [2.05, 4.69) is 11.9 Å². The molecule has 9 heteroatoms. The minimum absolute atomic E-state index is 0.0787. The Balaban J connectivity index is 1.48. The molecule has 1 N–H and O–H groups in total. The SMILES string of the molecule is C=C(C)CN1C(=O)COc2cc(NC(=O)c3ccc(S(=O)(=O)N4CCCC4)cc3)ccc21. The second kappa shape index (κ2) is 8.76. The molecule has 4 rings (SSSR count). The van der Waals surface area contributed by atoms with Crippen molar-refractivity contribution in [2.45, 2.75) is 24.7 Å². The Bertz CT molecular complexity index is 1170. The van der Waals surface area contributed by atoms with Crippen LogP contribution < -0.4 is 15.0 Å². The fraction of sp³-hybridized carbons (Fsp3) is 0.304. The predicted octanol–water partition coefficient (Wildman–Crippen LogP) is 3.02. The molecule has 32 heavy (non-hydrogen) atoms. The molecule has 2 aromatic rings. The fourth-order valence-electron chi connectivity index (χ4n) is 3.78.